The Bertz CT molecular complexity index is 643. The summed E-state index contributed by atoms with van der Waals surface area (Å²) >= 11 is 9.41. The van der Waals surface area contributed by atoms with Gasteiger partial charge in [0.1, 0.15) is 0 Å². The number of rotatable bonds is 4. The molecule has 1 aliphatic heterocycles. The molecule has 3 rings (SSSR count). The number of amides is 2. The van der Waals surface area contributed by atoms with Crippen LogP contribution in [-0.4, -0.2) is 59.9 Å². The topological polar surface area (TPSA) is 52.7 Å². The maximum atomic E-state index is 12.7. The van der Waals surface area contributed by atoms with Gasteiger partial charge in [0.2, 0.25) is 5.91 Å². The van der Waals surface area contributed by atoms with Crippen molar-refractivity contribution < 1.29 is 9.59 Å². The SMILES string of the molecule is CC(C(=O)NC1CC1)N1CCN(C(=O)c2cc(Cl)ccc2Br)CC1. The molecule has 0 radical (unpaired) electrons. The third-order valence-corrected chi connectivity index (χ3v) is 5.54. The summed E-state index contributed by atoms with van der Waals surface area (Å²) < 4.78 is 0.747. The van der Waals surface area contributed by atoms with Crippen LogP contribution in [0.25, 0.3) is 0 Å². The number of halogens is 2. The van der Waals surface area contributed by atoms with Crippen molar-refractivity contribution in [3.8, 4) is 0 Å². The summed E-state index contributed by atoms with van der Waals surface area (Å²) in [5.41, 5.74) is 0.579. The van der Waals surface area contributed by atoms with Crippen LogP contribution >= 0.6 is 27.5 Å². The lowest BCUT2D eigenvalue weighted by molar-refractivity contribution is -0.126. The first-order valence-corrected chi connectivity index (χ1v) is 9.41. The Balaban J connectivity index is 1.57. The van der Waals surface area contributed by atoms with Crippen molar-refractivity contribution in [2.45, 2.75) is 31.8 Å². The molecule has 1 aromatic rings. The van der Waals surface area contributed by atoms with Crippen LogP contribution in [0.1, 0.15) is 30.1 Å². The zero-order chi connectivity index (χ0) is 17.3. The first-order chi connectivity index (χ1) is 11.5. The molecule has 0 aromatic heterocycles. The van der Waals surface area contributed by atoms with Crippen molar-refractivity contribution >= 4 is 39.3 Å². The van der Waals surface area contributed by atoms with Gasteiger partial charge in [0.15, 0.2) is 0 Å². The Kier molecular flexibility index (Phi) is 5.47. The number of carbonyl (C=O) groups excluding carboxylic acids is 2. The Hall–Kier alpha value is -1.11. The third-order valence-electron chi connectivity index (χ3n) is 4.61. The standard InChI is InChI=1S/C17H21BrClN3O2/c1-11(16(23)20-13-3-4-13)21-6-8-22(9-7-21)17(24)14-10-12(19)2-5-15(14)18/h2,5,10-11,13H,3-4,6-9H2,1H3,(H,20,23). The lowest BCUT2D eigenvalue weighted by Gasteiger charge is -2.37. The smallest absolute Gasteiger partial charge is 0.255 e. The summed E-state index contributed by atoms with van der Waals surface area (Å²) in [6.45, 7) is 4.55. The monoisotopic (exact) mass is 413 g/mol. The van der Waals surface area contributed by atoms with E-state index in [1.165, 1.54) is 0 Å². The van der Waals surface area contributed by atoms with Crippen LogP contribution in [0.5, 0.6) is 0 Å². The van der Waals surface area contributed by atoms with E-state index in [4.69, 9.17) is 11.6 Å². The van der Waals surface area contributed by atoms with Gasteiger partial charge in [0, 0.05) is 41.7 Å². The van der Waals surface area contributed by atoms with E-state index >= 15 is 0 Å². The van der Waals surface area contributed by atoms with Gasteiger partial charge in [-0.05, 0) is 53.9 Å². The molecule has 2 fully saturated rings. The van der Waals surface area contributed by atoms with Crippen molar-refractivity contribution in [3.63, 3.8) is 0 Å². The molecule has 1 aromatic carbocycles. The van der Waals surface area contributed by atoms with Crippen LogP contribution in [0.4, 0.5) is 0 Å². The average Bonchev–Trinajstić information content (AvgIpc) is 3.40. The van der Waals surface area contributed by atoms with E-state index < -0.39 is 0 Å². The fraction of sp³-hybridized carbons (Fsp3) is 0.529. The number of nitrogens with one attached hydrogen (secondary N) is 1. The van der Waals surface area contributed by atoms with Gasteiger partial charge in [-0.3, -0.25) is 14.5 Å². The van der Waals surface area contributed by atoms with Crippen molar-refractivity contribution in [1.29, 1.82) is 0 Å². The molecule has 1 saturated carbocycles. The van der Waals surface area contributed by atoms with Gasteiger partial charge in [-0.1, -0.05) is 11.6 Å². The highest BCUT2D eigenvalue weighted by atomic mass is 79.9. The molecule has 1 unspecified atom stereocenters. The van der Waals surface area contributed by atoms with E-state index in [2.05, 4.69) is 26.1 Å². The number of hydrogen-bond donors (Lipinski definition) is 1. The van der Waals surface area contributed by atoms with Crippen LogP contribution < -0.4 is 5.32 Å². The molecular weight excluding hydrogens is 394 g/mol. The highest BCUT2D eigenvalue weighted by Crippen LogP contribution is 2.23. The molecule has 5 nitrogen and oxygen atoms in total. The second-order valence-electron chi connectivity index (χ2n) is 6.41. The first-order valence-electron chi connectivity index (χ1n) is 8.24. The Morgan fingerprint density at radius 3 is 2.54 bits per heavy atom. The number of hydrogen-bond acceptors (Lipinski definition) is 3. The van der Waals surface area contributed by atoms with E-state index in [9.17, 15) is 9.59 Å². The molecule has 0 spiro atoms. The van der Waals surface area contributed by atoms with Crippen LogP contribution in [0, 0.1) is 0 Å². The second-order valence-corrected chi connectivity index (χ2v) is 7.70. The van der Waals surface area contributed by atoms with Crippen molar-refractivity contribution in [3.05, 3.63) is 33.3 Å². The molecule has 1 saturated heterocycles. The minimum Gasteiger partial charge on any atom is -0.352 e. The molecular formula is C17H21BrClN3O2. The number of nitrogens with zero attached hydrogens (tertiary/aromatic N) is 2. The maximum Gasteiger partial charge on any atom is 0.255 e. The predicted molar refractivity (Wildman–Crippen MR) is 97.3 cm³/mol. The minimum atomic E-state index is -0.152. The molecule has 2 amide bonds. The van der Waals surface area contributed by atoms with Gasteiger partial charge in [0.05, 0.1) is 11.6 Å². The summed E-state index contributed by atoms with van der Waals surface area (Å²) in [5.74, 6) is 0.0639. The molecule has 1 heterocycles. The molecule has 0 bridgehead atoms. The van der Waals surface area contributed by atoms with Gasteiger partial charge in [-0.25, -0.2) is 0 Å². The summed E-state index contributed by atoms with van der Waals surface area (Å²) in [7, 11) is 0. The molecule has 2 aliphatic rings. The van der Waals surface area contributed by atoms with Crippen LogP contribution in [-0.2, 0) is 4.79 Å². The normalized spacial score (nSPS) is 19.9. The van der Waals surface area contributed by atoms with Crippen LogP contribution in [0.2, 0.25) is 5.02 Å². The summed E-state index contributed by atoms with van der Waals surface area (Å²) in [6.07, 6.45) is 2.19. The number of benzene rings is 1. The highest BCUT2D eigenvalue weighted by Gasteiger charge is 2.31. The number of carbonyl (C=O) groups is 2. The average molecular weight is 415 g/mol. The van der Waals surface area contributed by atoms with Crippen molar-refractivity contribution in [2.24, 2.45) is 0 Å². The molecule has 1 N–H and O–H groups in total. The Labute approximate surface area is 155 Å². The first kappa shape index (κ1) is 17.7. The zero-order valence-electron chi connectivity index (χ0n) is 13.6. The van der Waals surface area contributed by atoms with Gasteiger partial charge in [-0.2, -0.15) is 0 Å². The van der Waals surface area contributed by atoms with E-state index in [-0.39, 0.29) is 17.9 Å². The van der Waals surface area contributed by atoms with Gasteiger partial charge in [-0.15, -0.1) is 0 Å². The fourth-order valence-electron chi connectivity index (χ4n) is 2.86. The van der Waals surface area contributed by atoms with Gasteiger partial charge < -0.3 is 10.2 Å². The predicted octanol–water partition coefficient (Wildman–Crippen LogP) is 2.53. The fourth-order valence-corrected chi connectivity index (χ4v) is 3.45. The largest absolute Gasteiger partial charge is 0.352 e. The highest BCUT2D eigenvalue weighted by molar-refractivity contribution is 9.10. The van der Waals surface area contributed by atoms with E-state index in [1.54, 1.807) is 18.2 Å². The number of piperazine rings is 1. The van der Waals surface area contributed by atoms with E-state index in [1.807, 2.05) is 11.8 Å². The Morgan fingerprint density at radius 2 is 1.92 bits per heavy atom. The summed E-state index contributed by atoms with van der Waals surface area (Å²) in [4.78, 5) is 28.8. The second kappa shape index (κ2) is 7.42. The van der Waals surface area contributed by atoms with Crippen LogP contribution in [0.15, 0.2) is 22.7 Å². The van der Waals surface area contributed by atoms with Gasteiger partial charge in [0.25, 0.3) is 5.91 Å². The lowest BCUT2D eigenvalue weighted by Crippen LogP contribution is -2.55. The molecule has 130 valence electrons. The molecule has 1 aliphatic carbocycles. The Morgan fingerprint density at radius 1 is 1.25 bits per heavy atom. The summed E-state index contributed by atoms with van der Waals surface area (Å²) in [6, 6.07) is 5.45. The molecule has 7 heteroatoms. The maximum absolute atomic E-state index is 12.7. The van der Waals surface area contributed by atoms with E-state index in [0.717, 1.165) is 17.3 Å². The van der Waals surface area contributed by atoms with Gasteiger partial charge >= 0.3 is 0 Å². The molecule has 24 heavy (non-hydrogen) atoms. The van der Waals surface area contributed by atoms with Crippen LogP contribution in [0.3, 0.4) is 0 Å². The minimum absolute atomic E-state index is 0.0286. The molecule has 1 atom stereocenters. The van der Waals surface area contributed by atoms with Crippen molar-refractivity contribution in [2.75, 3.05) is 26.2 Å². The van der Waals surface area contributed by atoms with E-state index in [0.29, 0.717) is 42.8 Å². The zero-order valence-corrected chi connectivity index (χ0v) is 15.9. The summed E-state index contributed by atoms with van der Waals surface area (Å²) in [5, 5.41) is 3.59. The third kappa shape index (κ3) is 4.10. The lowest BCUT2D eigenvalue weighted by atomic mass is 10.1. The van der Waals surface area contributed by atoms with Crippen molar-refractivity contribution in [1.82, 2.24) is 15.1 Å². The quantitative estimate of drug-likeness (QED) is 0.824.